The van der Waals surface area contributed by atoms with Gasteiger partial charge >= 0.3 is 0 Å². The first kappa shape index (κ1) is 15.6. The van der Waals surface area contributed by atoms with E-state index in [0.717, 1.165) is 12.0 Å². The number of aliphatic hydroxyl groups is 1. The van der Waals surface area contributed by atoms with Gasteiger partial charge in [0.05, 0.1) is 6.10 Å². The Balaban J connectivity index is 2.17. The van der Waals surface area contributed by atoms with E-state index in [9.17, 15) is 5.11 Å². The number of benzene rings is 1. The SMILES string of the molecule is CCC(C)c1ccc(C(O)C2(CC)CCCCC2)cc1. The van der Waals surface area contributed by atoms with Gasteiger partial charge < -0.3 is 5.11 Å². The molecule has 1 N–H and O–H groups in total. The van der Waals surface area contributed by atoms with Gasteiger partial charge in [-0.3, -0.25) is 0 Å². The molecule has 1 aromatic rings. The minimum atomic E-state index is -0.293. The molecule has 20 heavy (non-hydrogen) atoms. The zero-order valence-corrected chi connectivity index (χ0v) is 13.4. The van der Waals surface area contributed by atoms with E-state index < -0.39 is 0 Å². The van der Waals surface area contributed by atoms with Crippen LogP contribution < -0.4 is 0 Å². The lowest BCUT2D eigenvalue weighted by atomic mass is 9.67. The summed E-state index contributed by atoms with van der Waals surface area (Å²) >= 11 is 0. The highest BCUT2D eigenvalue weighted by molar-refractivity contribution is 5.27. The molecule has 0 heterocycles. The first-order valence-corrected chi connectivity index (χ1v) is 8.41. The summed E-state index contributed by atoms with van der Waals surface area (Å²) < 4.78 is 0. The summed E-state index contributed by atoms with van der Waals surface area (Å²) in [4.78, 5) is 0. The molecule has 1 fully saturated rings. The molecule has 2 unspecified atom stereocenters. The van der Waals surface area contributed by atoms with E-state index in [4.69, 9.17) is 0 Å². The fourth-order valence-electron chi connectivity index (χ4n) is 3.67. The Morgan fingerprint density at radius 1 is 1.00 bits per heavy atom. The lowest BCUT2D eigenvalue weighted by Crippen LogP contribution is -2.30. The van der Waals surface area contributed by atoms with Gasteiger partial charge in [-0.05, 0) is 42.7 Å². The predicted octanol–water partition coefficient (Wildman–Crippen LogP) is 5.59. The fourth-order valence-corrected chi connectivity index (χ4v) is 3.67. The second-order valence-electron chi connectivity index (χ2n) is 6.66. The number of rotatable bonds is 5. The largest absolute Gasteiger partial charge is 0.388 e. The molecule has 1 heteroatoms. The summed E-state index contributed by atoms with van der Waals surface area (Å²) in [7, 11) is 0. The van der Waals surface area contributed by atoms with Crippen molar-refractivity contribution < 1.29 is 5.11 Å². The van der Waals surface area contributed by atoms with Crippen molar-refractivity contribution in [3.05, 3.63) is 35.4 Å². The molecule has 1 saturated carbocycles. The van der Waals surface area contributed by atoms with Crippen LogP contribution in [-0.4, -0.2) is 5.11 Å². The van der Waals surface area contributed by atoms with Gasteiger partial charge in [0.1, 0.15) is 0 Å². The molecule has 0 aliphatic heterocycles. The molecular weight excluding hydrogens is 244 g/mol. The van der Waals surface area contributed by atoms with Gasteiger partial charge in [-0.1, -0.05) is 64.3 Å². The minimum absolute atomic E-state index is 0.121. The molecule has 1 nitrogen and oxygen atoms in total. The van der Waals surface area contributed by atoms with Crippen LogP contribution in [-0.2, 0) is 0 Å². The average Bonchev–Trinajstić information content (AvgIpc) is 2.54. The Morgan fingerprint density at radius 3 is 2.05 bits per heavy atom. The van der Waals surface area contributed by atoms with E-state index in [1.807, 2.05) is 0 Å². The third-order valence-corrected chi connectivity index (χ3v) is 5.57. The molecule has 112 valence electrons. The van der Waals surface area contributed by atoms with Crippen LogP contribution in [0.1, 0.15) is 88.9 Å². The first-order chi connectivity index (χ1) is 9.63. The number of aliphatic hydroxyl groups excluding tert-OH is 1. The molecule has 1 aliphatic carbocycles. The Kier molecular flexibility index (Phi) is 5.26. The third-order valence-electron chi connectivity index (χ3n) is 5.57. The van der Waals surface area contributed by atoms with Crippen LogP contribution >= 0.6 is 0 Å². The minimum Gasteiger partial charge on any atom is -0.388 e. The molecule has 1 aliphatic rings. The van der Waals surface area contributed by atoms with Gasteiger partial charge in [-0.2, -0.15) is 0 Å². The topological polar surface area (TPSA) is 20.2 Å². The van der Waals surface area contributed by atoms with Gasteiger partial charge in [0.25, 0.3) is 0 Å². The maximum absolute atomic E-state index is 10.9. The fraction of sp³-hybridized carbons (Fsp3) is 0.684. The van der Waals surface area contributed by atoms with E-state index in [1.165, 1.54) is 44.1 Å². The van der Waals surface area contributed by atoms with Crippen molar-refractivity contribution in [2.45, 2.75) is 77.7 Å². The summed E-state index contributed by atoms with van der Waals surface area (Å²) in [6.45, 7) is 6.73. The quantitative estimate of drug-likeness (QED) is 0.741. The Morgan fingerprint density at radius 2 is 1.55 bits per heavy atom. The number of hydrogen-bond acceptors (Lipinski definition) is 1. The van der Waals surface area contributed by atoms with Crippen LogP contribution in [0.25, 0.3) is 0 Å². The van der Waals surface area contributed by atoms with Crippen molar-refractivity contribution in [3.8, 4) is 0 Å². The first-order valence-electron chi connectivity index (χ1n) is 8.41. The Hall–Kier alpha value is -0.820. The predicted molar refractivity (Wildman–Crippen MR) is 85.9 cm³/mol. The van der Waals surface area contributed by atoms with E-state index >= 15 is 0 Å². The third kappa shape index (κ3) is 3.09. The van der Waals surface area contributed by atoms with Crippen molar-refractivity contribution >= 4 is 0 Å². The Bertz CT molecular complexity index is 400. The lowest BCUT2D eigenvalue weighted by molar-refractivity contribution is -0.00911. The van der Waals surface area contributed by atoms with Crippen molar-refractivity contribution in [3.63, 3.8) is 0 Å². The summed E-state index contributed by atoms with van der Waals surface area (Å²) in [6.07, 6.45) is 8.20. The zero-order chi connectivity index (χ0) is 14.6. The maximum atomic E-state index is 10.9. The molecular formula is C19H30O. The summed E-state index contributed by atoms with van der Waals surface area (Å²) in [5.41, 5.74) is 2.62. The molecule has 2 atom stereocenters. The van der Waals surface area contributed by atoms with Crippen LogP contribution in [0.15, 0.2) is 24.3 Å². The molecule has 0 radical (unpaired) electrons. The smallest absolute Gasteiger partial charge is 0.0846 e. The van der Waals surface area contributed by atoms with Crippen molar-refractivity contribution in [1.29, 1.82) is 0 Å². The average molecular weight is 274 g/mol. The molecule has 0 aromatic heterocycles. The van der Waals surface area contributed by atoms with E-state index in [0.29, 0.717) is 5.92 Å². The van der Waals surface area contributed by atoms with Gasteiger partial charge in [0.2, 0.25) is 0 Å². The number of hydrogen-bond donors (Lipinski definition) is 1. The summed E-state index contributed by atoms with van der Waals surface area (Å²) in [6, 6.07) is 8.72. The monoisotopic (exact) mass is 274 g/mol. The molecule has 0 spiro atoms. The van der Waals surface area contributed by atoms with E-state index in [-0.39, 0.29) is 11.5 Å². The van der Waals surface area contributed by atoms with E-state index in [2.05, 4.69) is 45.0 Å². The zero-order valence-electron chi connectivity index (χ0n) is 13.4. The molecule has 1 aromatic carbocycles. The van der Waals surface area contributed by atoms with Crippen LogP contribution in [0.3, 0.4) is 0 Å². The highest BCUT2D eigenvalue weighted by Crippen LogP contribution is 2.48. The van der Waals surface area contributed by atoms with Crippen LogP contribution in [0, 0.1) is 5.41 Å². The lowest BCUT2D eigenvalue weighted by Gasteiger charge is -2.41. The van der Waals surface area contributed by atoms with Crippen molar-refractivity contribution in [2.24, 2.45) is 5.41 Å². The standard InChI is InChI=1S/C19H30O/c1-4-15(3)16-9-11-17(12-10-16)18(20)19(5-2)13-7-6-8-14-19/h9-12,15,18,20H,4-8,13-14H2,1-3H3. The molecule has 2 rings (SSSR count). The van der Waals surface area contributed by atoms with Gasteiger partial charge in [0.15, 0.2) is 0 Å². The Labute approximate surface area is 124 Å². The summed E-state index contributed by atoms with van der Waals surface area (Å²) in [5.74, 6) is 0.607. The molecule has 0 saturated heterocycles. The van der Waals surface area contributed by atoms with Crippen molar-refractivity contribution in [2.75, 3.05) is 0 Å². The van der Waals surface area contributed by atoms with E-state index in [1.54, 1.807) is 0 Å². The van der Waals surface area contributed by atoms with Gasteiger partial charge in [-0.15, -0.1) is 0 Å². The summed E-state index contributed by atoms with van der Waals surface area (Å²) in [5, 5.41) is 10.9. The second kappa shape index (κ2) is 6.76. The van der Waals surface area contributed by atoms with Crippen LogP contribution in [0.5, 0.6) is 0 Å². The van der Waals surface area contributed by atoms with Crippen molar-refractivity contribution in [1.82, 2.24) is 0 Å². The van der Waals surface area contributed by atoms with Gasteiger partial charge in [0, 0.05) is 5.41 Å². The van der Waals surface area contributed by atoms with Crippen LogP contribution in [0.4, 0.5) is 0 Å². The van der Waals surface area contributed by atoms with Gasteiger partial charge in [-0.25, -0.2) is 0 Å². The normalized spacial score (nSPS) is 21.4. The van der Waals surface area contributed by atoms with Crippen LogP contribution in [0.2, 0.25) is 0 Å². The molecule has 0 bridgehead atoms. The highest BCUT2D eigenvalue weighted by Gasteiger charge is 2.37. The highest BCUT2D eigenvalue weighted by atomic mass is 16.3. The second-order valence-corrected chi connectivity index (χ2v) is 6.66. The maximum Gasteiger partial charge on any atom is 0.0846 e. The molecule has 0 amide bonds.